The van der Waals surface area contributed by atoms with Crippen LogP contribution in [0.15, 0.2) is 60.7 Å². The van der Waals surface area contributed by atoms with E-state index in [1.165, 1.54) is 0 Å². The zero-order valence-corrected chi connectivity index (χ0v) is 13.7. The third kappa shape index (κ3) is 3.23. The molecule has 0 aliphatic carbocycles. The van der Waals surface area contributed by atoms with Gasteiger partial charge in [0.15, 0.2) is 0 Å². The normalized spacial score (nSPS) is 10.8. The van der Waals surface area contributed by atoms with E-state index >= 15 is 0 Å². The van der Waals surface area contributed by atoms with E-state index in [2.05, 4.69) is 25.8 Å². The van der Waals surface area contributed by atoms with Gasteiger partial charge >= 0.3 is 0 Å². The summed E-state index contributed by atoms with van der Waals surface area (Å²) in [6.45, 7) is 0. The van der Waals surface area contributed by atoms with Crippen molar-refractivity contribution >= 4 is 33.8 Å². The zero-order chi connectivity index (χ0) is 17.9. The minimum atomic E-state index is -0.478. The first-order valence-corrected chi connectivity index (χ1v) is 8.08. The Labute approximate surface area is 148 Å². The third-order valence-electron chi connectivity index (χ3n) is 3.91. The number of H-pyrrole nitrogens is 1. The molecule has 2 amide bonds. The zero-order valence-electron chi connectivity index (χ0n) is 13.7. The molecule has 0 radical (unpaired) electrons. The lowest BCUT2D eigenvalue weighted by Gasteiger charge is -2.07. The Morgan fingerprint density at radius 2 is 1.62 bits per heavy atom. The van der Waals surface area contributed by atoms with Gasteiger partial charge in [-0.3, -0.25) is 20.4 Å². The van der Waals surface area contributed by atoms with Gasteiger partial charge in [0, 0.05) is 5.39 Å². The van der Waals surface area contributed by atoms with Gasteiger partial charge in [-0.2, -0.15) is 0 Å². The van der Waals surface area contributed by atoms with E-state index in [9.17, 15) is 9.59 Å². The molecule has 0 saturated heterocycles. The predicted octanol–water partition coefficient (Wildman–Crippen LogP) is 2.11. The second-order valence-electron chi connectivity index (χ2n) is 5.77. The van der Waals surface area contributed by atoms with Crippen LogP contribution in [0.1, 0.15) is 16.3 Å². The highest BCUT2D eigenvalue weighted by Gasteiger charge is 2.11. The summed E-state index contributed by atoms with van der Waals surface area (Å²) >= 11 is 0. The molecule has 0 spiro atoms. The molecule has 7 heteroatoms. The highest BCUT2D eigenvalue weighted by atomic mass is 16.2. The van der Waals surface area contributed by atoms with Crippen LogP contribution in [0, 0.1) is 0 Å². The van der Waals surface area contributed by atoms with Gasteiger partial charge in [-0.15, -0.1) is 0 Å². The van der Waals surface area contributed by atoms with E-state index in [-0.39, 0.29) is 18.0 Å². The smallest absolute Gasteiger partial charge is 0.288 e. The Morgan fingerprint density at radius 1 is 0.846 bits per heavy atom. The summed E-state index contributed by atoms with van der Waals surface area (Å²) < 4.78 is 0. The van der Waals surface area contributed by atoms with Crippen molar-refractivity contribution in [2.45, 2.75) is 6.42 Å². The van der Waals surface area contributed by atoms with Crippen molar-refractivity contribution in [2.24, 2.45) is 0 Å². The quantitative estimate of drug-likeness (QED) is 0.495. The van der Waals surface area contributed by atoms with Gasteiger partial charge in [-0.25, -0.2) is 9.97 Å². The van der Waals surface area contributed by atoms with Crippen molar-refractivity contribution in [3.63, 3.8) is 0 Å². The van der Waals surface area contributed by atoms with Gasteiger partial charge in [0.2, 0.25) is 5.91 Å². The fourth-order valence-electron chi connectivity index (χ4n) is 2.67. The van der Waals surface area contributed by atoms with Gasteiger partial charge in [0.05, 0.1) is 23.0 Å². The Kier molecular flexibility index (Phi) is 4.03. The minimum Gasteiger partial charge on any atom is -0.342 e. The number of carbonyl (C=O) groups excluding carboxylic acids is 2. The largest absolute Gasteiger partial charge is 0.342 e. The summed E-state index contributed by atoms with van der Waals surface area (Å²) in [7, 11) is 0. The number of carbonyl (C=O) groups is 2. The average Bonchev–Trinajstić information content (AvgIpc) is 3.08. The Bertz CT molecular complexity index is 1090. The average molecular weight is 345 g/mol. The number of nitrogens with one attached hydrogen (secondary N) is 3. The summed E-state index contributed by atoms with van der Waals surface area (Å²) in [5, 5.41) is 0.943. The Hall–Kier alpha value is -3.74. The maximum atomic E-state index is 12.2. The van der Waals surface area contributed by atoms with Crippen LogP contribution in [-0.2, 0) is 11.2 Å². The first-order valence-electron chi connectivity index (χ1n) is 8.08. The van der Waals surface area contributed by atoms with E-state index in [1.54, 1.807) is 6.07 Å². The third-order valence-corrected chi connectivity index (χ3v) is 3.91. The molecule has 0 aliphatic rings. The molecule has 0 atom stereocenters. The number of aromatic amines is 1. The van der Waals surface area contributed by atoms with Crippen molar-refractivity contribution in [3.05, 3.63) is 72.2 Å². The number of rotatable bonds is 3. The van der Waals surface area contributed by atoms with Crippen LogP contribution in [0.3, 0.4) is 0 Å². The molecule has 0 saturated carbocycles. The highest BCUT2D eigenvalue weighted by molar-refractivity contribution is 5.96. The number of para-hydroxylation sites is 3. The summed E-state index contributed by atoms with van der Waals surface area (Å²) in [5.74, 6) is -0.325. The molecule has 0 bridgehead atoms. The maximum absolute atomic E-state index is 12.2. The number of benzene rings is 2. The monoisotopic (exact) mass is 345 g/mol. The van der Waals surface area contributed by atoms with Gasteiger partial charge in [0.25, 0.3) is 5.91 Å². The molecule has 0 fully saturated rings. The SMILES string of the molecule is O=C(Cc1nc2ccccc2[nH]1)NNC(=O)c1ccc2ccccc2n1. The predicted molar refractivity (Wildman–Crippen MR) is 97.1 cm³/mol. The van der Waals surface area contributed by atoms with Gasteiger partial charge < -0.3 is 4.98 Å². The number of amides is 2. The van der Waals surface area contributed by atoms with Gasteiger partial charge in [-0.1, -0.05) is 36.4 Å². The van der Waals surface area contributed by atoms with Gasteiger partial charge in [-0.05, 0) is 24.3 Å². The molecule has 4 rings (SSSR count). The van der Waals surface area contributed by atoms with Crippen LogP contribution >= 0.6 is 0 Å². The van der Waals surface area contributed by atoms with Crippen LogP contribution in [0.4, 0.5) is 0 Å². The standard InChI is InChI=1S/C19H15N5O2/c25-18(11-17-21-14-7-3-4-8-15(14)22-17)23-24-19(26)16-10-9-12-5-1-2-6-13(12)20-16/h1-10H,11H2,(H,21,22)(H,23,25)(H,24,26). The fraction of sp³-hybridized carbons (Fsp3) is 0.0526. The van der Waals surface area contributed by atoms with Crippen molar-refractivity contribution in [3.8, 4) is 0 Å². The first-order chi connectivity index (χ1) is 12.7. The van der Waals surface area contributed by atoms with E-state index in [4.69, 9.17) is 0 Å². The number of nitrogens with zero attached hydrogens (tertiary/aromatic N) is 2. The van der Waals surface area contributed by atoms with Crippen LogP contribution in [0.5, 0.6) is 0 Å². The number of hydrazine groups is 1. The Morgan fingerprint density at radius 3 is 2.46 bits per heavy atom. The molecule has 2 aromatic carbocycles. The summed E-state index contributed by atoms with van der Waals surface area (Å²) in [5.41, 5.74) is 7.36. The molecule has 0 aliphatic heterocycles. The lowest BCUT2D eigenvalue weighted by Crippen LogP contribution is -2.42. The number of hydrogen-bond acceptors (Lipinski definition) is 4. The molecular weight excluding hydrogens is 330 g/mol. The van der Waals surface area contributed by atoms with Crippen molar-refractivity contribution in [2.75, 3.05) is 0 Å². The number of imidazole rings is 1. The number of fused-ring (bicyclic) bond motifs is 2. The van der Waals surface area contributed by atoms with Crippen molar-refractivity contribution < 1.29 is 9.59 Å². The Balaban J connectivity index is 1.39. The second kappa shape index (κ2) is 6.64. The lowest BCUT2D eigenvalue weighted by molar-refractivity contribution is -0.121. The van der Waals surface area contributed by atoms with E-state index in [0.29, 0.717) is 11.3 Å². The molecule has 0 unspecified atom stereocenters. The second-order valence-corrected chi connectivity index (χ2v) is 5.77. The molecule has 4 aromatic rings. The molecule has 3 N–H and O–H groups in total. The van der Waals surface area contributed by atoms with Crippen LogP contribution in [-0.4, -0.2) is 26.8 Å². The van der Waals surface area contributed by atoms with Crippen molar-refractivity contribution in [1.29, 1.82) is 0 Å². The number of hydrogen-bond donors (Lipinski definition) is 3. The van der Waals surface area contributed by atoms with Crippen LogP contribution < -0.4 is 10.9 Å². The lowest BCUT2D eigenvalue weighted by atomic mass is 10.2. The maximum Gasteiger partial charge on any atom is 0.288 e. The van der Waals surface area contributed by atoms with E-state index < -0.39 is 5.91 Å². The van der Waals surface area contributed by atoms with Gasteiger partial charge in [0.1, 0.15) is 11.5 Å². The topological polar surface area (TPSA) is 99.8 Å². The number of aromatic nitrogens is 3. The molecule has 128 valence electrons. The summed E-state index contributed by atoms with van der Waals surface area (Å²) in [4.78, 5) is 35.9. The first kappa shape index (κ1) is 15.8. The fourth-order valence-corrected chi connectivity index (χ4v) is 2.67. The van der Waals surface area contributed by atoms with E-state index in [0.717, 1.165) is 16.4 Å². The number of pyridine rings is 1. The summed E-state index contributed by atoms with van der Waals surface area (Å²) in [6, 6.07) is 18.4. The van der Waals surface area contributed by atoms with Crippen LogP contribution in [0.2, 0.25) is 0 Å². The molecular formula is C19H15N5O2. The highest BCUT2D eigenvalue weighted by Crippen LogP contribution is 2.12. The molecule has 26 heavy (non-hydrogen) atoms. The minimum absolute atomic E-state index is 0.0279. The molecule has 7 nitrogen and oxygen atoms in total. The summed E-state index contributed by atoms with van der Waals surface area (Å²) in [6.07, 6.45) is 0.0279. The molecule has 2 heterocycles. The van der Waals surface area contributed by atoms with Crippen LogP contribution in [0.25, 0.3) is 21.9 Å². The molecule has 2 aromatic heterocycles. The van der Waals surface area contributed by atoms with Crippen molar-refractivity contribution in [1.82, 2.24) is 25.8 Å². The van der Waals surface area contributed by atoms with E-state index in [1.807, 2.05) is 54.6 Å².